The number of aromatic nitrogens is 1. The molecule has 20 heteroatoms. The van der Waals surface area contributed by atoms with Crippen LogP contribution in [0.4, 0.5) is 8.63 Å². The first kappa shape index (κ1) is 48.9. The van der Waals surface area contributed by atoms with Crippen LogP contribution >= 0.6 is 11.3 Å². The second-order valence-corrected chi connectivity index (χ2v) is 19.9. The number of nitrogens with zero attached hydrogens (tertiary/aromatic N) is 4. The number of rotatable bonds is 23. The zero-order valence-corrected chi connectivity index (χ0v) is 38.6. The molecule has 3 aromatic rings. The van der Waals surface area contributed by atoms with Gasteiger partial charge in [0, 0.05) is 74.2 Å². The summed E-state index contributed by atoms with van der Waals surface area (Å²) in [5, 5.41) is 4.86. The van der Waals surface area contributed by atoms with Crippen molar-refractivity contribution in [3.8, 4) is 5.75 Å². The minimum Gasteiger partial charge on any atom is -0.494 e. The molecule has 0 aliphatic carbocycles. The zero-order valence-electron chi connectivity index (χ0n) is 37.0. The summed E-state index contributed by atoms with van der Waals surface area (Å²) < 4.78 is 75.6. The molecule has 0 saturated carbocycles. The number of nitrogens with one attached hydrogen (secondary N) is 1. The van der Waals surface area contributed by atoms with Crippen LogP contribution in [0.2, 0.25) is 0 Å². The molecule has 1 saturated heterocycles. The number of benzene rings is 1. The topological polar surface area (TPSA) is 181 Å². The lowest BCUT2D eigenvalue weighted by molar-refractivity contribution is -0.870. The lowest BCUT2D eigenvalue weighted by Gasteiger charge is -2.31. The van der Waals surface area contributed by atoms with Gasteiger partial charge in [-0.1, -0.05) is 24.3 Å². The van der Waals surface area contributed by atoms with E-state index in [-0.39, 0.29) is 58.1 Å². The Morgan fingerprint density at radius 2 is 1.72 bits per heavy atom. The molecule has 3 amide bonds. The molecule has 3 aliphatic heterocycles. The van der Waals surface area contributed by atoms with Gasteiger partial charge in [0.1, 0.15) is 11.5 Å². The van der Waals surface area contributed by atoms with Crippen LogP contribution in [0.3, 0.4) is 0 Å². The van der Waals surface area contributed by atoms with Gasteiger partial charge in [-0.15, -0.1) is 16.4 Å². The number of carbonyl (C=O) groups is 5. The van der Waals surface area contributed by atoms with Gasteiger partial charge < -0.3 is 37.0 Å². The van der Waals surface area contributed by atoms with Crippen LogP contribution in [0.15, 0.2) is 65.2 Å². The van der Waals surface area contributed by atoms with Crippen molar-refractivity contribution in [3.05, 3.63) is 92.6 Å². The summed E-state index contributed by atoms with van der Waals surface area (Å²) in [5.74, 6) is -4.97. The number of carbonyl (C=O) groups excluding carboxylic acids is 5. The van der Waals surface area contributed by atoms with Crippen LogP contribution in [-0.2, 0) is 38.9 Å². The monoisotopic (exact) mass is 938 g/mol. The van der Waals surface area contributed by atoms with Crippen molar-refractivity contribution in [2.75, 3.05) is 46.6 Å². The molecule has 0 bridgehead atoms. The molecule has 6 rings (SSSR count). The number of hydrogen-bond donors (Lipinski definition) is 2. The van der Waals surface area contributed by atoms with Gasteiger partial charge >= 0.3 is 12.9 Å². The smallest absolute Gasteiger partial charge is 0.494 e. The van der Waals surface area contributed by atoms with E-state index in [1.165, 1.54) is 15.8 Å². The molecule has 1 unspecified atom stereocenters. The summed E-state index contributed by atoms with van der Waals surface area (Å²) in [4.78, 5) is 66.3. The maximum atomic E-state index is 16.9. The van der Waals surface area contributed by atoms with Crippen LogP contribution in [0.1, 0.15) is 91.6 Å². The van der Waals surface area contributed by atoms with Crippen LogP contribution in [0.25, 0.3) is 18.2 Å². The molecule has 0 spiro atoms. The van der Waals surface area contributed by atoms with Crippen LogP contribution in [-0.4, -0.2) is 120 Å². The Labute approximate surface area is 381 Å². The van der Waals surface area contributed by atoms with Crippen molar-refractivity contribution in [2.24, 2.45) is 5.92 Å². The molecular weight excluding hydrogens is 883 g/mol. The molecule has 15 nitrogen and oxygen atoms in total. The molecule has 0 radical (unpaired) electrons. The number of ether oxygens (including phenoxy) is 1. The third kappa shape index (κ3) is 12.8. The summed E-state index contributed by atoms with van der Waals surface area (Å²) in [5.41, 5.74) is 4.32. The zero-order chi connectivity index (χ0) is 47.1. The summed E-state index contributed by atoms with van der Waals surface area (Å²) >= 11 is 1.44. The fraction of sp³-hybridized carbons (Fsp3) is 0.422. The van der Waals surface area contributed by atoms with Crippen molar-refractivity contribution in [3.63, 3.8) is 0 Å². The highest BCUT2D eigenvalue weighted by atomic mass is 32.2. The molecule has 3 aliphatic rings. The van der Waals surface area contributed by atoms with Crippen LogP contribution in [0, 0.1) is 12.8 Å². The Bertz CT molecular complexity index is 2530. The Morgan fingerprint density at radius 3 is 2.38 bits per heavy atom. The van der Waals surface area contributed by atoms with Crippen molar-refractivity contribution in [1.82, 2.24) is 14.9 Å². The number of Topliss-reactive ketones (excluding diaryl/α,β-unsaturated/α-hetero) is 1. The van der Waals surface area contributed by atoms with Gasteiger partial charge in [0.25, 0.3) is 21.9 Å². The largest absolute Gasteiger partial charge is 0.737 e. The maximum Gasteiger partial charge on any atom is 0.737 e. The SMILES string of the molecule is Cc1cc(/C=C/c2ccc(OCCCC(=O)CC(CS(=O)(=O)O)C(=O)NCCCCC(=O)ON3C(=O)CCC3=O)cc2)n2c1C=C1C(CCC[N+](C)(C)C)=CC(c3cccs3)=[N+]1[B-]2(F)F. The van der Waals surface area contributed by atoms with Crippen LogP contribution < -0.4 is 10.1 Å². The number of quaternary nitrogens is 1. The normalized spacial score (nSPS) is 16.4. The molecule has 348 valence electrons. The van der Waals surface area contributed by atoms with Gasteiger partial charge in [0.2, 0.25) is 5.91 Å². The summed E-state index contributed by atoms with van der Waals surface area (Å²) in [6.07, 6.45) is 8.89. The van der Waals surface area contributed by atoms with Crippen molar-refractivity contribution < 1.29 is 64.1 Å². The number of amides is 3. The van der Waals surface area contributed by atoms with Crippen molar-refractivity contribution >= 4 is 81.8 Å². The first-order valence-corrected chi connectivity index (χ1v) is 24.1. The van der Waals surface area contributed by atoms with Gasteiger partial charge in [-0.05, 0) is 79.5 Å². The molecule has 1 aromatic carbocycles. The molecule has 1 atom stereocenters. The van der Waals surface area contributed by atoms with E-state index in [1.807, 2.05) is 36.6 Å². The number of allylic oxidation sites excluding steroid dienone is 2. The Morgan fingerprint density at radius 1 is 1.00 bits per heavy atom. The van der Waals surface area contributed by atoms with E-state index < -0.39 is 64.7 Å². The van der Waals surface area contributed by atoms with Gasteiger partial charge in [0.15, 0.2) is 11.4 Å². The third-order valence-electron chi connectivity index (χ3n) is 11.2. The number of ketones is 1. The first-order chi connectivity index (χ1) is 30.7. The highest BCUT2D eigenvalue weighted by Gasteiger charge is 2.54. The van der Waals surface area contributed by atoms with E-state index in [9.17, 15) is 36.9 Å². The van der Waals surface area contributed by atoms with E-state index in [1.54, 1.807) is 42.5 Å². The summed E-state index contributed by atoms with van der Waals surface area (Å²) in [6, 6.07) is 12.5. The number of hydroxylamine groups is 2. The second kappa shape index (κ2) is 20.7. The summed E-state index contributed by atoms with van der Waals surface area (Å²) in [6.45, 7) is -1.33. The van der Waals surface area contributed by atoms with Gasteiger partial charge in [-0.2, -0.15) is 8.42 Å². The predicted molar refractivity (Wildman–Crippen MR) is 243 cm³/mol. The molecule has 2 N–H and O–H groups in total. The number of unbranched alkanes of at least 4 members (excludes halogenated alkanes) is 1. The highest BCUT2D eigenvalue weighted by Crippen LogP contribution is 2.40. The standard InChI is InChI=1S/C45H54BF2N5O10S2/c1-31-26-35(50-38(31)29-39-33(10-7-23-53(2,3)4)28-40(41-12-9-25-64-41)51(39)46(50,47)48)17-14-32-15-18-37(19-16-32)62-24-8-11-36(54)27-34(30-65(59,60)61)45(58)49-22-6-5-13-44(57)63-52-42(55)20-21-43(52)56/h9,12,14-19,25-26,28-29,34H,5-8,10-11,13,20-24,27,30H2,1-4H3,(H-,49,58,59,60,61)/p+1/b17-14+. The third-order valence-corrected chi connectivity index (χ3v) is 12.9. The van der Waals surface area contributed by atoms with Gasteiger partial charge in [-0.3, -0.25) is 23.7 Å². The minimum absolute atomic E-state index is 0.0258. The molecule has 1 fully saturated rings. The first-order valence-electron chi connectivity index (χ1n) is 21.6. The Hall–Kier alpha value is -5.57. The Balaban J connectivity index is 0.991. The number of imide groups is 1. The van der Waals surface area contributed by atoms with E-state index >= 15 is 8.63 Å². The van der Waals surface area contributed by atoms with E-state index in [4.69, 9.17) is 9.57 Å². The van der Waals surface area contributed by atoms with E-state index in [0.717, 1.165) is 43.5 Å². The molecule has 2 aromatic heterocycles. The number of hydrogen-bond acceptors (Lipinski definition) is 10. The predicted octanol–water partition coefficient (Wildman–Crippen LogP) is 6.05. The van der Waals surface area contributed by atoms with Crippen LogP contribution in [0.5, 0.6) is 5.75 Å². The number of thiophene rings is 1. The van der Waals surface area contributed by atoms with E-state index in [0.29, 0.717) is 40.0 Å². The molecule has 65 heavy (non-hydrogen) atoms. The average molecular weight is 939 g/mol. The van der Waals surface area contributed by atoms with Crippen molar-refractivity contribution in [1.29, 1.82) is 0 Å². The fourth-order valence-corrected chi connectivity index (χ4v) is 9.49. The second-order valence-electron chi connectivity index (χ2n) is 17.5. The van der Waals surface area contributed by atoms with Gasteiger partial charge in [0.05, 0.1) is 50.8 Å². The molecular formula is C45H55BF2N5O10S2+. The highest BCUT2D eigenvalue weighted by molar-refractivity contribution is 7.85. The molecule has 5 heterocycles. The van der Waals surface area contributed by atoms with Crippen molar-refractivity contribution in [2.45, 2.75) is 71.1 Å². The van der Waals surface area contributed by atoms with E-state index in [2.05, 4.69) is 26.5 Å². The Kier molecular flexibility index (Phi) is 15.6. The number of halogens is 2. The van der Waals surface area contributed by atoms with Gasteiger partial charge in [-0.25, -0.2) is 4.79 Å². The lowest BCUT2D eigenvalue weighted by Crippen LogP contribution is -2.51. The lowest BCUT2D eigenvalue weighted by atomic mass is 9.88. The average Bonchev–Trinajstić information content (AvgIpc) is 4.03. The maximum absolute atomic E-state index is 16.9. The number of aryl methyl sites for hydroxylation is 1. The quantitative estimate of drug-likeness (QED) is 0.0374. The fourth-order valence-electron chi connectivity index (χ4n) is 7.98. The minimum atomic E-state index is -4.60. The summed E-state index contributed by atoms with van der Waals surface area (Å²) in [7, 11) is 1.77. The number of fused-ring (bicyclic) bond motifs is 2.